The maximum Gasteiger partial charge on any atom is 0.341 e. The lowest BCUT2D eigenvalue weighted by molar-refractivity contribution is -0.384. The zero-order chi connectivity index (χ0) is 24.8. The highest BCUT2D eigenvalue weighted by Gasteiger charge is 2.25. The molecule has 0 unspecified atom stereocenters. The van der Waals surface area contributed by atoms with Crippen LogP contribution in [0.1, 0.15) is 10.4 Å². The van der Waals surface area contributed by atoms with E-state index in [9.17, 15) is 19.7 Å². The van der Waals surface area contributed by atoms with E-state index >= 15 is 0 Å². The molecule has 1 aliphatic rings. The summed E-state index contributed by atoms with van der Waals surface area (Å²) in [6.45, 7) is 1.27. The van der Waals surface area contributed by atoms with Gasteiger partial charge in [0, 0.05) is 36.5 Å². The first-order valence-electron chi connectivity index (χ1n) is 10.9. The molecule has 4 rings (SSSR count). The molecule has 0 atom stereocenters. The monoisotopic (exact) mass is 477 g/mol. The van der Waals surface area contributed by atoms with Crippen LogP contribution in [-0.2, 0) is 4.79 Å². The number of nitro benzene ring substituents is 1. The van der Waals surface area contributed by atoms with Crippen molar-refractivity contribution in [2.45, 2.75) is 0 Å². The van der Waals surface area contributed by atoms with Gasteiger partial charge >= 0.3 is 5.97 Å². The van der Waals surface area contributed by atoms with Gasteiger partial charge in [-0.1, -0.05) is 24.3 Å². The van der Waals surface area contributed by atoms with Gasteiger partial charge in [-0.25, -0.2) is 4.79 Å². The summed E-state index contributed by atoms with van der Waals surface area (Å²) in [5.74, 6) is -0.555. The standard InChI is InChI=1S/C25H23N3O7/c29-23(30)17-35-22-8-4-7-21-24(22)34-16-15-26(21)13-14-27(19-5-2-1-3-6-19)25(31)18-9-11-20(12-10-18)28(32)33/h1-12H,13-17H2,(H,29,30). The van der Waals surface area contributed by atoms with Gasteiger partial charge in [0.1, 0.15) is 6.61 Å². The lowest BCUT2D eigenvalue weighted by Crippen LogP contribution is -2.41. The Morgan fingerprint density at radius 3 is 2.49 bits per heavy atom. The van der Waals surface area contributed by atoms with Gasteiger partial charge < -0.3 is 24.4 Å². The van der Waals surface area contributed by atoms with E-state index in [0.717, 1.165) is 5.69 Å². The molecule has 10 heteroatoms. The summed E-state index contributed by atoms with van der Waals surface area (Å²) in [7, 11) is 0. The van der Waals surface area contributed by atoms with Crippen LogP contribution >= 0.6 is 0 Å². The first-order chi connectivity index (χ1) is 16.9. The molecular formula is C25H23N3O7. The molecule has 3 aromatic carbocycles. The molecule has 0 radical (unpaired) electrons. The number of carboxylic acids is 1. The Kier molecular flexibility index (Phi) is 7.10. The van der Waals surface area contributed by atoms with Crippen molar-refractivity contribution in [1.82, 2.24) is 0 Å². The number of carboxylic acid groups (broad SMARTS) is 1. The van der Waals surface area contributed by atoms with Crippen molar-refractivity contribution in [3.63, 3.8) is 0 Å². The molecule has 1 N–H and O–H groups in total. The molecule has 1 aliphatic heterocycles. The van der Waals surface area contributed by atoms with Gasteiger partial charge in [-0.05, 0) is 36.4 Å². The number of ether oxygens (including phenoxy) is 2. The highest BCUT2D eigenvalue weighted by atomic mass is 16.6. The van der Waals surface area contributed by atoms with Crippen LogP contribution < -0.4 is 19.3 Å². The van der Waals surface area contributed by atoms with Crippen molar-refractivity contribution in [3.8, 4) is 11.5 Å². The third-order valence-electron chi connectivity index (χ3n) is 5.49. The summed E-state index contributed by atoms with van der Waals surface area (Å²) in [4.78, 5) is 38.4. The fourth-order valence-corrected chi connectivity index (χ4v) is 3.82. The topological polar surface area (TPSA) is 122 Å². The molecule has 1 heterocycles. The first kappa shape index (κ1) is 23.6. The highest BCUT2D eigenvalue weighted by Crippen LogP contribution is 2.39. The Morgan fingerprint density at radius 2 is 1.80 bits per heavy atom. The van der Waals surface area contributed by atoms with E-state index in [1.165, 1.54) is 24.3 Å². The molecule has 1 amide bonds. The number of non-ortho nitro benzene ring substituents is 1. The molecule has 3 aromatic rings. The third-order valence-corrected chi connectivity index (χ3v) is 5.49. The van der Waals surface area contributed by atoms with Crippen molar-refractivity contribution in [2.75, 3.05) is 42.6 Å². The zero-order valence-electron chi connectivity index (χ0n) is 18.7. The SMILES string of the molecule is O=C(O)COc1cccc2c1OCCN2CCN(C(=O)c1ccc([N+](=O)[O-])cc1)c1ccccc1. The number of carbonyl (C=O) groups excluding carboxylic acids is 1. The smallest absolute Gasteiger partial charge is 0.341 e. The molecule has 10 nitrogen and oxygen atoms in total. The number of fused-ring (bicyclic) bond motifs is 1. The van der Waals surface area contributed by atoms with E-state index < -0.39 is 17.5 Å². The molecule has 35 heavy (non-hydrogen) atoms. The predicted octanol–water partition coefficient (Wildman–Crippen LogP) is 3.60. The molecule has 0 fully saturated rings. The lowest BCUT2D eigenvalue weighted by Gasteiger charge is -2.34. The van der Waals surface area contributed by atoms with Crippen molar-refractivity contribution >= 4 is 28.9 Å². The van der Waals surface area contributed by atoms with Crippen molar-refractivity contribution < 1.29 is 29.1 Å². The lowest BCUT2D eigenvalue weighted by atomic mass is 10.1. The molecule has 0 bridgehead atoms. The average molecular weight is 477 g/mol. The minimum atomic E-state index is -1.08. The molecular weight excluding hydrogens is 454 g/mol. The fraction of sp³-hybridized carbons (Fsp3) is 0.200. The number of nitrogens with zero attached hydrogens (tertiary/aromatic N) is 3. The Morgan fingerprint density at radius 1 is 1.06 bits per heavy atom. The number of aliphatic carboxylic acids is 1. The van der Waals surface area contributed by atoms with Crippen LogP contribution in [0, 0.1) is 10.1 Å². The molecule has 0 aliphatic carbocycles. The van der Waals surface area contributed by atoms with Gasteiger partial charge in [0.25, 0.3) is 11.6 Å². The summed E-state index contributed by atoms with van der Waals surface area (Å²) < 4.78 is 11.1. The van der Waals surface area contributed by atoms with Crippen LogP contribution in [0.2, 0.25) is 0 Å². The third kappa shape index (κ3) is 5.49. The second kappa shape index (κ2) is 10.6. The quantitative estimate of drug-likeness (QED) is 0.366. The van der Waals surface area contributed by atoms with E-state index in [2.05, 4.69) is 0 Å². The van der Waals surface area contributed by atoms with Gasteiger partial charge in [-0.2, -0.15) is 0 Å². The second-order valence-corrected chi connectivity index (χ2v) is 7.72. The minimum absolute atomic E-state index is 0.0846. The number of para-hydroxylation sites is 2. The maximum atomic E-state index is 13.4. The van der Waals surface area contributed by atoms with Gasteiger partial charge in [0.05, 0.1) is 17.2 Å². The number of anilines is 2. The number of benzene rings is 3. The minimum Gasteiger partial charge on any atom is -0.486 e. The maximum absolute atomic E-state index is 13.4. The number of amides is 1. The molecule has 0 spiro atoms. The largest absolute Gasteiger partial charge is 0.486 e. The first-order valence-corrected chi connectivity index (χ1v) is 10.9. The van der Waals surface area contributed by atoms with Crippen molar-refractivity contribution in [3.05, 3.63) is 88.5 Å². The summed E-state index contributed by atoms with van der Waals surface area (Å²) in [5.41, 5.74) is 1.70. The summed E-state index contributed by atoms with van der Waals surface area (Å²) >= 11 is 0. The summed E-state index contributed by atoms with van der Waals surface area (Å²) in [5, 5.41) is 19.9. The van der Waals surface area contributed by atoms with Crippen molar-refractivity contribution in [1.29, 1.82) is 0 Å². The molecule has 0 saturated carbocycles. The van der Waals surface area contributed by atoms with E-state index in [0.29, 0.717) is 49.0 Å². The molecule has 0 aromatic heterocycles. The van der Waals surface area contributed by atoms with Crippen LogP contribution in [0.25, 0.3) is 0 Å². The van der Waals surface area contributed by atoms with Gasteiger partial charge in [-0.15, -0.1) is 0 Å². The van der Waals surface area contributed by atoms with E-state index in [4.69, 9.17) is 14.6 Å². The van der Waals surface area contributed by atoms with Gasteiger partial charge in [0.15, 0.2) is 18.1 Å². The van der Waals surface area contributed by atoms with E-state index in [1.54, 1.807) is 17.0 Å². The van der Waals surface area contributed by atoms with Crippen LogP contribution in [-0.4, -0.2) is 54.8 Å². The number of hydrogen-bond acceptors (Lipinski definition) is 7. The Labute approximate surface area is 201 Å². The number of hydrogen-bond donors (Lipinski definition) is 1. The number of carbonyl (C=O) groups is 2. The van der Waals surface area contributed by atoms with E-state index in [-0.39, 0.29) is 11.6 Å². The van der Waals surface area contributed by atoms with Crippen LogP contribution in [0.15, 0.2) is 72.8 Å². The second-order valence-electron chi connectivity index (χ2n) is 7.72. The van der Waals surface area contributed by atoms with E-state index in [1.807, 2.05) is 41.3 Å². The normalized spacial score (nSPS) is 12.3. The molecule has 180 valence electrons. The summed E-state index contributed by atoms with van der Waals surface area (Å²) in [6.07, 6.45) is 0. The van der Waals surface area contributed by atoms with Gasteiger partial charge in [-0.3, -0.25) is 14.9 Å². The average Bonchev–Trinajstić information content (AvgIpc) is 2.88. The Bertz CT molecular complexity index is 1220. The fourth-order valence-electron chi connectivity index (χ4n) is 3.82. The number of rotatable bonds is 9. The number of nitro groups is 1. The molecule has 0 saturated heterocycles. The summed E-state index contributed by atoms with van der Waals surface area (Å²) in [6, 6.07) is 20.0. The van der Waals surface area contributed by atoms with Gasteiger partial charge in [0.2, 0.25) is 0 Å². The van der Waals surface area contributed by atoms with Crippen LogP contribution in [0.3, 0.4) is 0 Å². The Balaban J connectivity index is 1.56. The van der Waals surface area contributed by atoms with Crippen LogP contribution in [0.4, 0.5) is 17.1 Å². The zero-order valence-corrected chi connectivity index (χ0v) is 18.7. The van der Waals surface area contributed by atoms with Crippen LogP contribution in [0.5, 0.6) is 11.5 Å². The Hall–Kier alpha value is -4.60. The predicted molar refractivity (Wildman–Crippen MR) is 128 cm³/mol. The highest BCUT2D eigenvalue weighted by molar-refractivity contribution is 6.06. The van der Waals surface area contributed by atoms with Crippen molar-refractivity contribution in [2.24, 2.45) is 0 Å².